The van der Waals surface area contributed by atoms with Crippen molar-refractivity contribution in [3.8, 4) is 22.8 Å². The van der Waals surface area contributed by atoms with Gasteiger partial charge in [0, 0.05) is 28.1 Å². The summed E-state index contributed by atoms with van der Waals surface area (Å²) in [4.78, 5) is 12.7. The smallest absolute Gasteiger partial charge is 0.209 e. The zero-order valence-corrected chi connectivity index (χ0v) is 16.0. The van der Waals surface area contributed by atoms with Gasteiger partial charge in [-0.05, 0) is 30.3 Å². The van der Waals surface area contributed by atoms with Crippen LogP contribution in [0.5, 0.6) is 0 Å². The molecule has 0 aliphatic carbocycles. The van der Waals surface area contributed by atoms with Gasteiger partial charge < -0.3 is 0 Å². The number of rotatable bonds is 3. The normalized spacial score (nSPS) is 11.1. The second kappa shape index (κ2) is 7.04. The number of hydrogen-bond donors (Lipinski definition) is 0. The standard InChI is InChI=1S/C23H15ClN4O/c24-19-10-11-20(18-9-5-4-8-17(18)19)28-21(12-14-25-28)23-22(29)13-15-27(26-23)16-6-2-1-3-7-16/h1-15H. The van der Waals surface area contributed by atoms with Crippen molar-refractivity contribution >= 4 is 22.4 Å². The molecule has 0 saturated heterocycles. The zero-order chi connectivity index (χ0) is 19.8. The van der Waals surface area contributed by atoms with Crippen molar-refractivity contribution in [2.24, 2.45) is 0 Å². The van der Waals surface area contributed by atoms with Crippen LogP contribution in [0, 0.1) is 0 Å². The van der Waals surface area contributed by atoms with E-state index in [-0.39, 0.29) is 5.43 Å². The molecule has 140 valence electrons. The van der Waals surface area contributed by atoms with E-state index in [1.807, 2.05) is 66.7 Å². The summed E-state index contributed by atoms with van der Waals surface area (Å²) in [5.74, 6) is 0. The molecule has 3 aromatic carbocycles. The highest BCUT2D eigenvalue weighted by molar-refractivity contribution is 6.35. The van der Waals surface area contributed by atoms with Crippen molar-refractivity contribution in [3.05, 3.63) is 107 Å². The Kier molecular flexibility index (Phi) is 4.22. The number of nitrogens with zero attached hydrogens (tertiary/aromatic N) is 4. The third-order valence-electron chi connectivity index (χ3n) is 4.79. The molecule has 2 aromatic heterocycles. The minimum atomic E-state index is -0.169. The van der Waals surface area contributed by atoms with Gasteiger partial charge in [-0.25, -0.2) is 9.36 Å². The van der Waals surface area contributed by atoms with E-state index in [1.54, 1.807) is 27.8 Å². The van der Waals surface area contributed by atoms with E-state index in [1.165, 1.54) is 6.07 Å². The Balaban J connectivity index is 1.72. The Morgan fingerprint density at radius 2 is 1.55 bits per heavy atom. The highest BCUT2D eigenvalue weighted by atomic mass is 35.5. The SMILES string of the molecule is O=c1ccn(-c2ccccc2)nc1-c1ccnn1-c1ccc(Cl)c2ccccc12. The fraction of sp³-hybridized carbons (Fsp3) is 0. The molecule has 0 N–H and O–H groups in total. The minimum Gasteiger partial charge on any atom is -0.287 e. The summed E-state index contributed by atoms with van der Waals surface area (Å²) in [6.07, 6.45) is 3.33. The molecule has 0 saturated carbocycles. The third kappa shape index (κ3) is 3.02. The Morgan fingerprint density at radius 3 is 2.38 bits per heavy atom. The number of para-hydroxylation sites is 1. The van der Waals surface area contributed by atoms with Crippen molar-refractivity contribution in [2.75, 3.05) is 0 Å². The van der Waals surface area contributed by atoms with Crippen LogP contribution in [0.25, 0.3) is 33.5 Å². The maximum Gasteiger partial charge on any atom is 0.209 e. The van der Waals surface area contributed by atoms with Crippen LogP contribution in [0.4, 0.5) is 0 Å². The molecular formula is C23H15ClN4O. The molecule has 0 aliphatic rings. The second-order valence-corrected chi connectivity index (χ2v) is 6.96. The van der Waals surface area contributed by atoms with Crippen LogP contribution in [0.3, 0.4) is 0 Å². The minimum absolute atomic E-state index is 0.169. The first-order valence-electron chi connectivity index (χ1n) is 9.10. The van der Waals surface area contributed by atoms with E-state index in [9.17, 15) is 4.79 Å². The van der Waals surface area contributed by atoms with Gasteiger partial charge in [-0.3, -0.25) is 4.79 Å². The molecule has 0 spiro atoms. The lowest BCUT2D eigenvalue weighted by Gasteiger charge is -2.12. The maximum absolute atomic E-state index is 12.7. The molecule has 0 bridgehead atoms. The van der Waals surface area contributed by atoms with Crippen LogP contribution in [0.1, 0.15) is 0 Å². The predicted molar refractivity (Wildman–Crippen MR) is 115 cm³/mol. The number of hydrogen-bond acceptors (Lipinski definition) is 3. The number of aromatic nitrogens is 4. The summed E-state index contributed by atoms with van der Waals surface area (Å²) in [5.41, 5.74) is 2.48. The van der Waals surface area contributed by atoms with Gasteiger partial charge in [0.25, 0.3) is 0 Å². The highest BCUT2D eigenvalue weighted by Crippen LogP contribution is 2.30. The fourth-order valence-corrected chi connectivity index (χ4v) is 3.64. The molecule has 0 radical (unpaired) electrons. The second-order valence-electron chi connectivity index (χ2n) is 6.55. The van der Waals surface area contributed by atoms with Crippen LogP contribution in [0.2, 0.25) is 5.02 Å². The molecule has 0 atom stereocenters. The summed E-state index contributed by atoms with van der Waals surface area (Å²) in [7, 11) is 0. The summed E-state index contributed by atoms with van der Waals surface area (Å²) in [6.45, 7) is 0. The molecule has 0 unspecified atom stereocenters. The Hall–Kier alpha value is -3.70. The van der Waals surface area contributed by atoms with Crippen LogP contribution >= 0.6 is 11.6 Å². The number of benzene rings is 3. The van der Waals surface area contributed by atoms with Gasteiger partial charge >= 0.3 is 0 Å². The third-order valence-corrected chi connectivity index (χ3v) is 5.12. The number of fused-ring (bicyclic) bond motifs is 1. The van der Waals surface area contributed by atoms with Gasteiger partial charge in [0.1, 0.15) is 0 Å². The first kappa shape index (κ1) is 17.4. The first-order valence-corrected chi connectivity index (χ1v) is 9.47. The molecule has 2 heterocycles. The highest BCUT2D eigenvalue weighted by Gasteiger charge is 2.16. The van der Waals surface area contributed by atoms with E-state index in [0.29, 0.717) is 16.4 Å². The molecule has 29 heavy (non-hydrogen) atoms. The fourth-order valence-electron chi connectivity index (χ4n) is 3.42. The predicted octanol–water partition coefficient (Wildman–Crippen LogP) is 4.89. The van der Waals surface area contributed by atoms with Crippen LogP contribution < -0.4 is 5.43 Å². The van der Waals surface area contributed by atoms with E-state index in [0.717, 1.165) is 22.1 Å². The zero-order valence-electron chi connectivity index (χ0n) is 15.2. The van der Waals surface area contributed by atoms with Gasteiger partial charge in [0.2, 0.25) is 5.43 Å². The largest absolute Gasteiger partial charge is 0.287 e. The lowest BCUT2D eigenvalue weighted by molar-refractivity contribution is 0.824. The van der Waals surface area contributed by atoms with Gasteiger partial charge in [-0.1, -0.05) is 54.1 Å². The van der Waals surface area contributed by atoms with Gasteiger partial charge in [0.15, 0.2) is 5.69 Å². The van der Waals surface area contributed by atoms with Gasteiger partial charge in [-0.2, -0.15) is 10.2 Å². The Morgan fingerprint density at radius 1 is 0.793 bits per heavy atom. The summed E-state index contributed by atoms with van der Waals surface area (Å²) in [5, 5.41) is 11.6. The topological polar surface area (TPSA) is 52.7 Å². The quantitative estimate of drug-likeness (QED) is 0.434. The van der Waals surface area contributed by atoms with Crippen LogP contribution in [-0.4, -0.2) is 19.6 Å². The van der Waals surface area contributed by atoms with Crippen LogP contribution in [-0.2, 0) is 0 Å². The molecule has 0 amide bonds. The van der Waals surface area contributed by atoms with E-state index < -0.39 is 0 Å². The summed E-state index contributed by atoms with van der Waals surface area (Å²) >= 11 is 6.37. The molecule has 5 nitrogen and oxygen atoms in total. The lowest BCUT2D eigenvalue weighted by Crippen LogP contribution is -2.14. The van der Waals surface area contributed by atoms with E-state index >= 15 is 0 Å². The van der Waals surface area contributed by atoms with Crippen molar-refractivity contribution in [3.63, 3.8) is 0 Å². The molecule has 5 rings (SSSR count). The molecule has 6 heteroatoms. The Bertz CT molecular complexity index is 1390. The van der Waals surface area contributed by atoms with E-state index in [4.69, 9.17) is 11.6 Å². The molecule has 0 aliphatic heterocycles. The van der Waals surface area contributed by atoms with Crippen molar-refractivity contribution < 1.29 is 0 Å². The van der Waals surface area contributed by atoms with Crippen molar-refractivity contribution in [2.45, 2.75) is 0 Å². The first-order chi connectivity index (χ1) is 14.2. The number of halogens is 1. The molecule has 0 fully saturated rings. The van der Waals surface area contributed by atoms with Crippen molar-refractivity contribution in [1.29, 1.82) is 0 Å². The molecular weight excluding hydrogens is 384 g/mol. The average molecular weight is 399 g/mol. The maximum atomic E-state index is 12.7. The monoisotopic (exact) mass is 398 g/mol. The summed E-state index contributed by atoms with van der Waals surface area (Å²) < 4.78 is 3.42. The van der Waals surface area contributed by atoms with E-state index in [2.05, 4.69) is 10.2 Å². The van der Waals surface area contributed by atoms with Crippen molar-refractivity contribution in [1.82, 2.24) is 19.6 Å². The van der Waals surface area contributed by atoms with Gasteiger partial charge in [0.05, 0.1) is 23.3 Å². The Labute approximate surface area is 171 Å². The van der Waals surface area contributed by atoms with Crippen LogP contribution in [0.15, 0.2) is 96.1 Å². The van der Waals surface area contributed by atoms with Gasteiger partial charge in [-0.15, -0.1) is 0 Å². The lowest BCUT2D eigenvalue weighted by atomic mass is 10.1. The average Bonchev–Trinajstić information content (AvgIpc) is 3.24. The molecule has 5 aromatic rings. The summed E-state index contributed by atoms with van der Waals surface area (Å²) in [6, 6.07) is 24.6.